The molecule has 0 radical (unpaired) electrons. The fourth-order valence-electron chi connectivity index (χ4n) is 2.50. The van der Waals surface area contributed by atoms with Crippen LogP contribution in [0.5, 0.6) is 0 Å². The summed E-state index contributed by atoms with van der Waals surface area (Å²) in [4.78, 5) is 0. The van der Waals surface area contributed by atoms with Crippen molar-refractivity contribution < 1.29 is 0 Å². The lowest BCUT2D eigenvalue weighted by atomic mass is 9.95. The summed E-state index contributed by atoms with van der Waals surface area (Å²) in [5, 5.41) is 0. The van der Waals surface area contributed by atoms with E-state index in [1.807, 2.05) is 0 Å². The molecule has 15 heavy (non-hydrogen) atoms. The van der Waals surface area contributed by atoms with E-state index in [0.717, 1.165) is 12.8 Å². The van der Waals surface area contributed by atoms with E-state index < -0.39 is 0 Å². The van der Waals surface area contributed by atoms with Crippen molar-refractivity contribution in [2.45, 2.75) is 45.1 Å². The zero-order valence-electron chi connectivity index (χ0n) is 9.22. The molecule has 2 heteroatoms. The van der Waals surface area contributed by atoms with Gasteiger partial charge in [0.2, 0.25) is 0 Å². The zero-order valence-corrected chi connectivity index (χ0v) is 10.8. The standard InChI is InChI=1S/C13H18BrN/c1-2-4-13(15)11-7-8-12(14)10-6-3-5-9(10)11/h7-8,13H,2-6,15H2,1H3/t13-/m1/s1. The number of nitrogens with two attached hydrogens (primary N) is 1. The number of halogens is 1. The largest absolute Gasteiger partial charge is 0.324 e. The predicted molar refractivity (Wildman–Crippen MR) is 68.0 cm³/mol. The van der Waals surface area contributed by atoms with E-state index in [-0.39, 0.29) is 6.04 Å². The Balaban J connectivity index is 2.37. The van der Waals surface area contributed by atoms with Crippen LogP contribution in [-0.2, 0) is 12.8 Å². The van der Waals surface area contributed by atoms with E-state index >= 15 is 0 Å². The average molecular weight is 268 g/mol. The highest BCUT2D eigenvalue weighted by Crippen LogP contribution is 2.34. The van der Waals surface area contributed by atoms with Gasteiger partial charge in [-0.1, -0.05) is 35.3 Å². The maximum Gasteiger partial charge on any atom is 0.0297 e. The van der Waals surface area contributed by atoms with E-state index in [4.69, 9.17) is 5.73 Å². The Kier molecular flexibility index (Phi) is 3.47. The van der Waals surface area contributed by atoms with Gasteiger partial charge in [0.15, 0.2) is 0 Å². The van der Waals surface area contributed by atoms with Gasteiger partial charge in [0.05, 0.1) is 0 Å². The maximum atomic E-state index is 6.21. The first-order valence-electron chi connectivity index (χ1n) is 5.79. The molecule has 2 rings (SSSR count). The molecule has 0 saturated heterocycles. The van der Waals surface area contributed by atoms with Gasteiger partial charge in [-0.25, -0.2) is 0 Å². The third kappa shape index (κ3) is 2.11. The molecule has 1 atom stereocenters. The van der Waals surface area contributed by atoms with Crippen molar-refractivity contribution in [2.24, 2.45) is 5.73 Å². The van der Waals surface area contributed by atoms with Gasteiger partial charge >= 0.3 is 0 Å². The van der Waals surface area contributed by atoms with Gasteiger partial charge in [-0.05, 0) is 48.4 Å². The Bertz CT molecular complexity index is 360. The van der Waals surface area contributed by atoms with Crippen molar-refractivity contribution in [3.63, 3.8) is 0 Å². The SMILES string of the molecule is CCC[C@@H](N)c1ccc(Br)c2c1CCC2. The summed E-state index contributed by atoms with van der Waals surface area (Å²) >= 11 is 3.63. The van der Waals surface area contributed by atoms with E-state index in [1.165, 1.54) is 40.4 Å². The number of hydrogen-bond donors (Lipinski definition) is 1. The summed E-state index contributed by atoms with van der Waals surface area (Å²) in [6.07, 6.45) is 5.95. The second-order valence-corrected chi connectivity index (χ2v) is 5.20. The zero-order chi connectivity index (χ0) is 10.8. The lowest BCUT2D eigenvalue weighted by molar-refractivity contribution is 0.633. The molecule has 82 valence electrons. The van der Waals surface area contributed by atoms with Crippen molar-refractivity contribution in [1.29, 1.82) is 0 Å². The molecule has 0 saturated carbocycles. The van der Waals surface area contributed by atoms with Gasteiger partial charge in [0.25, 0.3) is 0 Å². The van der Waals surface area contributed by atoms with Crippen LogP contribution >= 0.6 is 15.9 Å². The molecule has 0 fully saturated rings. The minimum absolute atomic E-state index is 0.231. The lowest BCUT2D eigenvalue weighted by Crippen LogP contribution is -2.12. The van der Waals surface area contributed by atoms with Gasteiger partial charge < -0.3 is 5.73 Å². The smallest absolute Gasteiger partial charge is 0.0297 e. The minimum Gasteiger partial charge on any atom is -0.324 e. The Morgan fingerprint density at radius 2 is 2.07 bits per heavy atom. The molecule has 1 aromatic rings. The van der Waals surface area contributed by atoms with E-state index in [2.05, 4.69) is 35.0 Å². The minimum atomic E-state index is 0.231. The third-order valence-corrected chi connectivity index (χ3v) is 4.01. The first kappa shape index (κ1) is 11.2. The maximum absolute atomic E-state index is 6.21. The van der Waals surface area contributed by atoms with Crippen LogP contribution in [0.4, 0.5) is 0 Å². The number of fused-ring (bicyclic) bond motifs is 1. The van der Waals surface area contributed by atoms with E-state index in [0.29, 0.717) is 0 Å². The Hall–Kier alpha value is -0.340. The third-order valence-electron chi connectivity index (χ3n) is 3.26. The van der Waals surface area contributed by atoms with Crippen LogP contribution in [0.15, 0.2) is 16.6 Å². The van der Waals surface area contributed by atoms with Crippen molar-refractivity contribution in [3.05, 3.63) is 33.3 Å². The second-order valence-electron chi connectivity index (χ2n) is 4.34. The summed E-state index contributed by atoms with van der Waals surface area (Å²) in [7, 11) is 0. The van der Waals surface area contributed by atoms with Crippen LogP contribution in [-0.4, -0.2) is 0 Å². The van der Waals surface area contributed by atoms with Gasteiger partial charge in [-0.3, -0.25) is 0 Å². The van der Waals surface area contributed by atoms with E-state index in [1.54, 1.807) is 0 Å². The second kappa shape index (κ2) is 4.67. The fourth-order valence-corrected chi connectivity index (χ4v) is 3.07. The summed E-state index contributed by atoms with van der Waals surface area (Å²) in [5.74, 6) is 0. The molecule has 0 aliphatic heterocycles. The van der Waals surface area contributed by atoms with E-state index in [9.17, 15) is 0 Å². The molecule has 1 nitrogen and oxygen atoms in total. The molecule has 1 aliphatic rings. The van der Waals surface area contributed by atoms with Crippen molar-refractivity contribution in [3.8, 4) is 0 Å². The quantitative estimate of drug-likeness (QED) is 0.888. The first-order valence-corrected chi connectivity index (χ1v) is 6.59. The molecule has 0 amide bonds. The number of hydrogen-bond acceptors (Lipinski definition) is 1. The average Bonchev–Trinajstić information content (AvgIpc) is 2.68. The van der Waals surface area contributed by atoms with Crippen LogP contribution in [0.1, 0.15) is 48.9 Å². The topological polar surface area (TPSA) is 26.0 Å². The van der Waals surface area contributed by atoms with Crippen molar-refractivity contribution in [1.82, 2.24) is 0 Å². The van der Waals surface area contributed by atoms with Gasteiger partial charge in [0, 0.05) is 10.5 Å². The monoisotopic (exact) mass is 267 g/mol. The Morgan fingerprint density at radius 1 is 1.33 bits per heavy atom. The van der Waals surface area contributed by atoms with Crippen LogP contribution in [0, 0.1) is 0 Å². The molecule has 0 spiro atoms. The first-order chi connectivity index (χ1) is 7.24. The summed E-state index contributed by atoms with van der Waals surface area (Å²) < 4.78 is 1.27. The summed E-state index contributed by atoms with van der Waals surface area (Å²) in [6.45, 7) is 2.19. The fraction of sp³-hybridized carbons (Fsp3) is 0.538. The van der Waals surface area contributed by atoms with Gasteiger partial charge in [0.1, 0.15) is 0 Å². The lowest BCUT2D eigenvalue weighted by Gasteiger charge is -2.16. The molecule has 0 heterocycles. The van der Waals surface area contributed by atoms with Crippen molar-refractivity contribution >= 4 is 15.9 Å². The highest BCUT2D eigenvalue weighted by molar-refractivity contribution is 9.10. The molecule has 0 bridgehead atoms. The molecule has 0 unspecified atom stereocenters. The predicted octanol–water partition coefficient (Wildman–Crippen LogP) is 3.74. The highest BCUT2D eigenvalue weighted by atomic mass is 79.9. The molecular weight excluding hydrogens is 250 g/mol. The molecule has 2 N–H and O–H groups in total. The van der Waals surface area contributed by atoms with Gasteiger partial charge in [-0.15, -0.1) is 0 Å². The van der Waals surface area contributed by atoms with Crippen molar-refractivity contribution in [2.75, 3.05) is 0 Å². The van der Waals surface area contributed by atoms with Gasteiger partial charge in [-0.2, -0.15) is 0 Å². The number of benzene rings is 1. The summed E-state index contributed by atoms with van der Waals surface area (Å²) in [6, 6.07) is 4.60. The normalized spacial score (nSPS) is 16.5. The number of rotatable bonds is 3. The molecule has 1 aromatic carbocycles. The molecule has 1 aliphatic carbocycles. The Morgan fingerprint density at radius 3 is 2.80 bits per heavy atom. The Labute approximate surface area is 100 Å². The highest BCUT2D eigenvalue weighted by Gasteiger charge is 2.20. The molecular formula is C13H18BrN. The van der Waals surface area contributed by atoms with Crippen LogP contribution in [0.3, 0.4) is 0 Å². The van der Waals surface area contributed by atoms with Crippen LogP contribution < -0.4 is 5.73 Å². The van der Waals surface area contributed by atoms with Crippen LogP contribution in [0.2, 0.25) is 0 Å². The molecule has 0 aromatic heterocycles. The van der Waals surface area contributed by atoms with Crippen LogP contribution in [0.25, 0.3) is 0 Å². The summed E-state index contributed by atoms with van der Waals surface area (Å²) in [5.41, 5.74) is 10.6.